The lowest BCUT2D eigenvalue weighted by atomic mass is 10.3. The molecule has 0 radical (unpaired) electrons. The van der Waals surface area contributed by atoms with E-state index >= 15 is 0 Å². The summed E-state index contributed by atoms with van der Waals surface area (Å²) in [4.78, 5) is 11.0. The van der Waals surface area contributed by atoms with Crippen LogP contribution in [-0.4, -0.2) is 21.0 Å². The zero-order valence-electron chi connectivity index (χ0n) is 9.94. The van der Waals surface area contributed by atoms with Gasteiger partial charge < -0.3 is 8.84 Å². The Kier molecular flexibility index (Phi) is 6.48. The van der Waals surface area contributed by atoms with Gasteiger partial charge in [0.1, 0.15) is 0 Å². The van der Waals surface area contributed by atoms with Crippen molar-refractivity contribution < 1.29 is 13.6 Å². The number of carbonyl (C=O) groups is 1. The summed E-state index contributed by atoms with van der Waals surface area (Å²) in [5, 5.41) is 0. The Balaban J connectivity index is 3.33. The van der Waals surface area contributed by atoms with E-state index < -0.39 is 8.41 Å². The molecule has 2 nitrogen and oxygen atoms in total. The summed E-state index contributed by atoms with van der Waals surface area (Å²) in [6.07, 6.45) is 2.62. The van der Waals surface area contributed by atoms with Crippen LogP contribution in [-0.2, 0) is 9.53 Å². The predicted molar refractivity (Wildman–Crippen MR) is 63.0 cm³/mol. The highest BCUT2D eigenvalue weighted by molar-refractivity contribution is 6.70. The lowest BCUT2D eigenvalue weighted by Gasteiger charge is -2.10. The van der Waals surface area contributed by atoms with Gasteiger partial charge in [0, 0.05) is 5.57 Å². The number of esters is 1. The normalized spacial score (nSPS) is 11.2. The van der Waals surface area contributed by atoms with E-state index in [0.29, 0.717) is 18.2 Å². The molecule has 0 aliphatic heterocycles. The first kappa shape index (κ1) is 14.4. The van der Waals surface area contributed by atoms with Crippen LogP contribution in [0.15, 0.2) is 12.2 Å². The van der Waals surface area contributed by atoms with Crippen molar-refractivity contribution in [2.24, 2.45) is 0 Å². The fourth-order valence-electron chi connectivity index (χ4n) is 1.11. The largest absolute Gasteiger partial charge is 0.462 e. The van der Waals surface area contributed by atoms with Gasteiger partial charge in [-0.1, -0.05) is 19.4 Å². The Morgan fingerprint density at radius 2 is 1.93 bits per heavy atom. The minimum absolute atomic E-state index is 0.338. The highest BCUT2D eigenvalue weighted by Crippen LogP contribution is 2.15. The third-order valence-electron chi connectivity index (χ3n) is 2.00. The highest BCUT2D eigenvalue weighted by atomic mass is 28.4. The van der Waals surface area contributed by atoms with Gasteiger partial charge in [-0.3, -0.25) is 0 Å². The summed E-state index contributed by atoms with van der Waals surface area (Å²) >= 11 is 0. The van der Waals surface area contributed by atoms with E-state index in [4.69, 9.17) is 4.74 Å². The van der Waals surface area contributed by atoms with Gasteiger partial charge in [0.05, 0.1) is 6.61 Å². The fourth-order valence-corrected chi connectivity index (χ4v) is 2.20. The molecule has 0 spiro atoms. The maximum atomic E-state index is 13.2. The molecule has 4 heteroatoms. The van der Waals surface area contributed by atoms with E-state index in [2.05, 4.69) is 6.58 Å². The van der Waals surface area contributed by atoms with Crippen LogP contribution in [0.4, 0.5) is 4.11 Å². The van der Waals surface area contributed by atoms with Gasteiger partial charge in [-0.25, -0.2) is 4.79 Å². The molecule has 0 unspecified atom stereocenters. The van der Waals surface area contributed by atoms with Crippen LogP contribution >= 0.6 is 0 Å². The summed E-state index contributed by atoms with van der Waals surface area (Å²) in [5.41, 5.74) is 0.423. The molecule has 0 aromatic rings. The number of ether oxygens (including phenoxy) is 1. The highest BCUT2D eigenvalue weighted by Gasteiger charge is 2.18. The molecule has 0 bridgehead atoms. The zero-order valence-corrected chi connectivity index (χ0v) is 10.9. The molecule has 0 aromatic carbocycles. The molecule has 0 heterocycles. The number of hydrogen-bond donors (Lipinski definition) is 0. The molecule has 0 aliphatic carbocycles. The second-order valence-electron chi connectivity index (χ2n) is 4.45. The Morgan fingerprint density at radius 1 is 1.33 bits per heavy atom. The molecule has 15 heavy (non-hydrogen) atoms. The van der Waals surface area contributed by atoms with Crippen molar-refractivity contribution in [3.8, 4) is 0 Å². The first-order valence-electron chi connectivity index (χ1n) is 5.34. The maximum absolute atomic E-state index is 13.2. The standard InChI is InChI=1S/C11H21FO2Si/c1-10(2)11(13)14-8-6-5-7-9-15(3,4)12/h1,5-9H2,2-4H3. The molecule has 88 valence electrons. The Bertz CT molecular complexity index is 221. The topological polar surface area (TPSA) is 26.3 Å². The van der Waals surface area contributed by atoms with E-state index in [9.17, 15) is 8.90 Å². The Hall–Kier alpha value is -0.643. The second kappa shape index (κ2) is 6.77. The molecule has 0 saturated carbocycles. The molecular formula is C11H21FO2Si. The van der Waals surface area contributed by atoms with Crippen LogP contribution in [0.25, 0.3) is 0 Å². The molecule has 0 fully saturated rings. The first-order chi connectivity index (χ1) is 6.83. The SMILES string of the molecule is C=C(C)C(=O)OCCCCC[Si](C)(C)F. The summed E-state index contributed by atoms with van der Waals surface area (Å²) < 4.78 is 18.1. The van der Waals surface area contributed by atoms with Gasteiger partial charge in [0.2, 0.25) is 8.41 Å². The number of carbonyl (C=O) groups excluding carboxylic acids is 1. The van der Waals surface area contributed by atoms with E-state index in [1.54, 1.807) is 20.0 Å². The number of hydrogen-bond acceptors (Lipinski definition) is 2. The van der Waals surface area contributed by atoms with Crippen LogP contribution in [0.3, 0.4) is 0 Å². The van der Waals surface area contributed by atoms with Crippen molar-refractivity contribution in [3.05, 3.63) is 12.2 Å². The van der Waals surface area contributed by atoms with Gasteiger partial charge in [0.25, 0.3) is 0 Å². The third kappa shape index (κ3) is 9.66. The smallest absolute Gasteiger partial charge is 0.333 e. The predicted octanol–water partition coefficient (Wildman–Crippen LogP) is 3.45. The summed E-state index contributed by atoms with van der Waals surface area (Å²) in [6.45, 7) is 8.96. The molecule has 0 saturated heterocycles. The zero-order chi connectivity index (χ0) is 11.9. The van der Waals surface area contributed by atoms with Gasteiger partial charge in [-0.2, -0.15) is 0 Å². The van der Waals surface area contributed by atoms with E-state index in [1.165, 1.54) is 0 Å². The average molecular weight is 232 g/mol. The van der Waals surface area contributed by atoms with Crippen LogP contribution in [0, 0.1) is 0 Å². The van der Waals surface area contributed by atoms with Crippen LogP contribution in [0.1, 0.15) is 26.2 Å². The van der Waals surface area contributed by atoms with Crippen molar-refractivity contribution >= 4 is 14.4 Å². The third-order valence-corrected chi connectivity index (χ3v) is 3.54. The van der Waals surface area contributed by atoms with Crippen molar-refractivity contribution in [3.63, 3.8) is 0 Å². The lowest BCUT2D eigenvalue weighted by Crippen LogP contribution is -2.17. The lowest BCUT2D eigenvalue weighted by molar-refractivity contribution is -0.139. The molecule has 0 atom stereocenters. The van der Waals surface area contributed by atoms with Gasteiger partial charge in [-0.05, 0) is 32.5 Å². The molecule has 0 aliphatic rings. The van der Waals surface area contributed by atoms with Crippen LogP contribution in [0.5, 0.6) is 0 Å². The van der Waals surface area contributed by atoms with Crippen LogP contribution < -0.4 is 0 Å². The summed E-state index contributed by atoms with van der Waals surface area (Å²) in [6, 6.07) is 0.696. The average Bonchev–Trinajstić information content (AvgIpc) is 2.08. The second-order valence-corrected chi connectivity index (χ2v) is 8.38. The van der Waals surface area contributed by atoms with Crippen LogP contribution in [0.2, 0.25) is 19.1 Å². The van der Waals surface area contributed by atoms with Gasteiger partial charge in [-0.15, -0.1) is 0 Å². The Labute approximate surface area is 92.7 Å². The van der Waals surface area contributed by atoms with Crippen molar-refractivity contribution in [1.82, 2.24) is 0 Å². The fraction of sp³-hybridized carbons (Fsp3) is 0.727. The molecule has 0 N–H and O–H groups in total. The minimum Gasteiger partial charge on any atom is -0.462 e. The quantitative estimate of drug-likeness (QED) is 0.221. The van der Waals surface area contributed by atoms with E-state index in [0.717, 1.165) is 19.3 Å². The first-order valence-corrected chi connectivity index (χ1v) is 8.43. The monoisotopic (exact) mass is 232 g/mol. The molecular weight excluding hydrogens is 211 g/mol. The van der Waals surface area contributed by atoms with Gasteiger partial charge in [0.15, 0.2) is 0 Å². The molecule has 0 amide bonds. The minimum atomic E-state index is -2.38. The van der Waals surface area contributed by atoms with Crippen molar-refractivity contribution in [2.75, 3.05) is 6.61 Å². The number of rotatable bonds is 7. The Morgan fingerprint density at radius 3 is 2.40 bits per heavy atom. The summed E-state index contributed by atoms with van der Waals surface area (Å²) in [7, 11) is -2.38. The number of halogens is 1. The molecule has 0 rings (SSSR count). The summed E-state index contributed by atoms with van der Waals surface area (Å²) in [5.74, 6) is -0.338. The van der Waals surface area contributed by atoms with Gasteiger partial charge >= 0.3 is 5.97 Å². The van der Waals surface area contributed by atoms with Crippen molar-refractivity contribution in [1.29, 1.82) is 0 Å². The maximum Gasteiger partial charge on any atom is 0.333 e. The van der Waals surface area contributed by atoms with E-state index in [1.807, 2.05) is 0 Å². The number of unbranched alkanes of at least 4 members (excludes halogenated alkanes) is 2. The van der Waals surface area contributed by atoms with E-state index in [-0.39, 0.29) is 5.97 Å². The van der Waals surface area contributed by atoms with Crippen molar-refractivity contribution in [2.45, 2.75) is 45.3 Å². The molecule has 0 aromatic heterocycles.